The number of aryl methyl sites for hydroxylation is 1. The van der Waals surface area contributed by atoms with Crippen molar-refractivity contribution in [1.29, 1.82) is 0 Å². The van der Waals surface area contributed by atoms with Crippen LogP contribution >= 0.6 is 15.9 Å². The van der Waals surface area contributed by atoms with Crippen LogP contribution in [0.2, 0.25) is 0 Å². The Hall–Kier alpha value is -4.38. The molecule has 1 aromatic heterocycles. The topological polar surface area (TPSA) is 129 Å². The van der Waals surface area contributed by atoms with Crippen LogP contribution in [0.4, 0.5) is 11.4 Å². The molecule has 1 heterocycles. The van der Waals surface area contributed by atoms with Crippen LogP contribution in [-0.4, -0.2) is 33.3 Å². The third-order valence-electron chi connectivity index (χ3n) is 6.10. The highest BCUT2D eigenvalue weighted by Gasteiger charge is 2.21. The van der Waals surface area contributed by atoms with E-state index in [9.17, 15) is 19.7 Å². The van der Waals surface area contributed by atoms with Crippen LogP contribution in [0.15, 0.2) is 75.0 Å². The maximum Gasteiger partial charge on any atom is 0.311 e. The summed E-state index contributed by atoms with van der Waals surface area (Å²) in [6, 6.07) is 16.8. The fourth-order valence-corrected chi connectivity index (χ4v) is 4.18. The van der Waals surface area contributed by atoms with Crippen molar-refractivity contribution in [2.24, 2.45) is 5.10 Å². The first-order chi connectivity index (χ1) is 18.7. The predicted octanol–water partition coefficient (Wildman–Crippen LogP) is 5.79. The summed E-state index contributed by atoms with van der Waals surface area (Å²) in [5.74, 6) is -0.257. The summed E-state index contributed by atoms with van der Waals surface area (Å²) < 4.78 is 7.56. The molecule has 0 aliphatic rings. The van der Waals surface area contributed by atoms with Gasteiger partial charge in [0.2, 0.25) is 5.75 Å². The number of nitro benzene ring substituents is 1. The van der Waals surface area contributed by atoms with E-state index in [1.54, 1.807) is 30.3 Å². The first-order valence-electron chi connectivity index (χ1n) is 12.2. The second kappa shape index (κ2) is 12.0. The maximum atomic E-state index is 13.4. The number of aromatic nitrogens is 2. The SMILES string of the molecule is CC[C@H](C)c1nc2ccc(Br)cc2c(=O)n1N=Cc1cccc([N+](=O)[O-])c1OCC(=O)Nc1ccc(C)cc1. The minimum atomic E-state index is -0.601. The number of nitro groups is 1. The summed E-state index contributed by atoms with van der Waals surface area (Å²) in [4.78, 5) is 41.7. The van der Waals surface area contributed by atoms with Crippen molar-refractivity contribution in [3.63, 3.8) is 0 Å². The number of rotatable bonds is 9. The lowest BCUT2D eigenvalue weighted by atomic mass is 10.1. The van der Waals surface area contributed by atoms with Gasteiger partial charge in [0, 0.05) is 27.7 Å². The lowest BCUT2D eigenvalue weighted by Crippen LogP contribution is -2.24. The number of fused-ring (bicyclic) bond motifs is 1. The Morgan fingerprint density at radius 3 is 2.67 bits per heavy atom. The van der Waals surface area contributed by atoms with Crippen LogP contribution in [0.3, 0.4) is 0 Å². The molecule has 3 aromatic carbocycles. The number of carbonyl (C=O) groups is 1. The maximum absolute atomic E-state index is 13.4. The molecule has 200 valence electrons. The van der Waals surface area contributed by atoms with Crippen LogP contribution in [0.5, 0.6) is 5.75 Å². The molecule has 0 saturated carbocycles. The average molecular weight is 592 g/mol. The number of nitrogens with zero attached hydrogens (tertiary/aromatic N) is 4. The summed E-state index contributed by atoms with van der Waals surface area (Å²) >= 11 is 3.38. The normalized spacial score (nSPS) is 12.0. The lowest BCUT2D eigenvalue weighted by Gasteiger charge is -2.14. The van der Waals surface area contributed by atoms with E-state index in [1.807, 2.05) is 39.0 Å². The number of ether oxygens (including phenoxy) is 1. The second-order valence-electron chi connectivity index (χ2n) is 8.96. The molecule has 0 unspecified atom stereocenters. The molecule has 4 rings (SSSR count). The van der Waals surface area contributed by atoms with E-state index in [1.165, 1.54) is 23.0 Å². The van der Waals surface area contributed by atoms with Gasteiger partial charge in [0.25, 0.3) is 11.5 Å². The highest BCUT2D eigenvalue weighted by molar-refractivity contribution is 9.10. The number of carbonyl (C=O) groups excluding carboxylic acids is 1. The standard InChI is InChI=1S/C28H26BrN5O5/c1-4-18(3)27-32-23-13-10-20(29)14-22(23)28(36)33(27)30-15-19-6-5-7-24(34(37)38)26(19)39-16-25(35)31-21-11-8-17(2)9-12-21/h5-15,18H,4,16H2,1-3H3,(H,31,35)/t18-/m0/s1. The van der Waals surface area contributed by atoms with Gasteiger partial charge in [-0.1, -0.05) is 53.5 Å². The van der Waals surface area contributed by atoms with Gasteiger partial charge in [-0.15, -0.1) is 0 Å². The van der Waals surface area contributed by atoms with Crippen molar-refractivity contribution in [3.8, 4) is 5.75 Å². The summed E-state index contributed by atoms with van der Waals surface area (Å²) in [6.07, 6.45) is 2.02. The van der Waals surface area contributed by atoms with Crippen molar-refractivity contribution in [1.82, 2.24) is 9.66 Å². The van der Waals surface area contributed by atoms with E-state index in [-0.39, 0.29) is 28.5 Å². The van der Waals surface area contributed by atoms with Gasteiger partial charge in [-0.2, -0.15) is 9.78 Å². The summed E-state index contributed by atoms with van der Waals surface area (Å²) in [5.41, 5.74) is 1.67. The van der Waals surface area contributed by atoms with Crippen LogP contribution in [0.1, 0.15) is 43.1 Å². The molecule has 11 heteroatoms. The molecule has 0 aliphatic carbocycles. The predicted molar refractivity (Wildman–Crippen MR) is 154 cm³/mol. The summed E-state index contributed by atoms with van der Waals surface area (Å²) in [6.45, 7) is 5.38. The fourth-order valence-electron chi connectivity index (χ4n) is 3.82. The Morgan fingerprint density at radius 1 is 1.23 bits per heavy atom. The number of para-hydroxylation sites is 1. The minimum Gasteiger partial charge on any atom is -0.476 e. The van der Waals surface area contributed by atoms with Gasteiger partial charge < -0.3 is 10.1 Å². The van der Waals surface area contributed by atoms with Gasteiger partial charge >= 0.3 is 5.69 Å². The number of anilines is 1. The zero-order chi connectivity index (χ0) is 28.1. The molecule has 0 saturated heterocycles. The number of hydrogen-bond acceptors (Lipinski definition) is 7. The second-order valence-corrected chi connectivity index (χ2v) is 9.87. The Bertz CT molecular complexity index is 1630. The Kier molecular flexibility index (Phi) is 8.50. The molecule has 4 aromatic rings. The molecule has 1 amide bonds. The molecular weight excluding hydrogens is 566 g/mol. The summed E-state index contributed by atoms with van der Waals surface area (Å²) in [5, 5.41) is 19.2. The first kappa shape index (κ1) is 27.6. The smallest absolute Gasteiger partial charge is 0.311 e. The monoisotopic (exact) mass is 591 g/mol. The quantitative estimate of drug-likeness (QED) is 0.149. The van der Waals surface area contributed by atoms with E-state index in [2.05, 4.69) is 31.3 Å². The van der Waals surface area contributed by atoms with Crippen molar-refractivity contribution in [2.75, 3.05) is 11.9 Å². The van der Waals surface area contributed by atoms with Gasteiger partial charge in [0.05, 0.1) is 22.0 Å². The third-order valence-corrected chi connectivity index (χ3v) is 6.60. The van der Waals surface area contributed by atoms with Crippen LogP contribution in [-0.2, 0) is 4.79 Å². The molecule has 1 N–H and O–H groups in total. The van der Waals surface area contributed by atoms with E-state index >= 15 is 0 Å². The Labute approximate surface area is 232 Å². The van der Waals surface area contributed by atoms with E-state index in [4.69, 9.17) is 4.74 Å². The summed E-state index contributed by atoms with van der Waals surface area (Å²) in [7, 11) is 0. The average Bonchev–Trinajstić information content (AvgIpc) is 2.92. The molecule has 1 atom stereocenters. The number of halogens is 1. The van der Waals surface area contributed by atoms with E-state index < -0.39 is 17.4 Å². The van der Waals surface area contributed by atoms with Crippen LogP contribution in [0, 0.1) is 17.0 Å². The van der Waals surface area contributed by atoms with Gasteiger partial charge in [0.15, 0.2) is 6.61 Å². The zero-order valence-electron chi connectivity index (χ0n) is 21.6. The van der Waals surface area contributed by atoms with Gasteiger partial charge in [-0.3, -0.25) is 19.7 Å². The molecule has 10 nitrogen and oxygen atoms in total. The van der Waals surface area contributed by atoms with Crippen molar-refractivity contribution in [2.45, 2.75) is 33.1 Å². The highest BCUT2D eigenvalue weighted by Crippen LogP contribution is 2.30. The first-order valence-corrected chi connectivity index (χ1v) is 13.0. The third kappa shape index (κ3) is 6.37. The van der Waals surface area contributed by atoms with Gasteiger partial charge in [-0.25, -0.2) is 4.98 Å². The molecule has 0 spiro atoms. The molecular formula is C28H26BrN5O5. The Balaban J connectivity index is 1.70. The van der Waals surface area contributed by atoms with Crippen molar-refractivity contribution < 1.29 is 14.5 Å². The van der Waals surface area contributed by atoms with E-state index in [0.717, 1.165) is 10.0 Å². The molecule has 0 bridgehead atoms. The zero-order valence-corrected chi connectivity index (χ0v) is 23.1. The van der Waals surface area contributed by atoms with Crippen molar-refractivity contribution in [3.05, 3.63) is 103 Å². The van der Waals surface area contributed by atoms with Crippen LogP contribution in [0.25, 0.3) is 10.9 Å². The van der Waals surface area contributed by atoms with Gasteiger partial charge in [-0.05, 0) is 49.7 Å². The van der Waals surface area contributed by atoms with Gasteiger partial charge in [0.1, 0.15) is 5.82 Å². The lowest BCUT2D eigenvalue weighted by molar-refractivity contribution is -0.385. The molecule has 39 heavy (non-hydrogen) atoms. The molecule has 0 fully saturated rings. The van der Waals surface area contributed by atoms with Crippen LogP contribution < -0.4 is 15.6 Å². The highest BCUT2D eigenvalue weighted by atomic mass is 79.9. The largest absolute Gasteiger partial charge is 0.476 e. The number of hydrogen-bond donors (Lipinski definition) is 1. The fraction of sp³-hybridized carbons (Fsp3) is 0.214. The number of benzene rings is 3. The Morgan fingerprint density at radius 2 is 1.97 bits per heavy atom. The minimum absolute atomic E-state index is 0.0887. The number of nitrogens with one attached hydrogen (secondary N) is 1. The molecule has 0 aliphatic heterocycles. The molecule has 0 radical (unpaired) electrons. The van der Waals surface area contributed by atoms with E-state index in [0.29, 0.717) is 28.8 Å². The number of amides is 1. The van der Waals surface area contributed by atoms with Crippen molar-refractivity contribution >= 4 is 50.3 Å².